The van der Waals surface area contributed by atoms with Gasteiger partial charge in [-0.2, -0.15) is 0 Å². The van der Waals surface area contributed by atoms with Gasteiger partial charge in [-0.3, -0.25) is 4.79 Å². The lowest BCUT2D eigenvalue weighted by Crippen LogP contribution is -2.49. The van der Waals surface area contributed by atoms with Gasteiger partial charge < -0.3 is 14.4 Å². The quantitative estimate of drug-likeness (QED) is 0.675. The minimum atomic E-state index is 0.119. The molecule has 146 valence electrons. The molecule has 0 unspecified atom stereocenters. The largest absolute Gasteiger partial charge is 0.340 e. The van der Waals surface area contributed by atoms with Gasteiger partial charge in [0.05, 0.1) is 0 Å². The molecule has 1 saturated heterocycles. The molecule has 0 radical (unpaired) electrons. The zero-order chi connectivity index (χ0) is 19.5. The first-order valence-corrected chi connectivity index (χ1v) is 10.2. The fourth-order valence-electron chi connectivity index (χ4n) is 4.32. The SMILES string of the molecule is CN(C(=O)c1cc2ccccc2n1C)[C@H]1CCCN(CCc2ccccc2)C1. The van der Waals surface area contributed by atoms with Crippen molar-refractivity contribution in [1.29, 1.82) is 0 Å². The summed E-state index contributed by atoms with van der Waals surface area (Å²) in [6.45, 7) is 3.13. The van der Waals surface area contributed by atoms with E-state index in [4.69, 9.17) is 0 Å². The molecule has 4 heteroatoms. The van der Waals surface area contributed by atoms with Crippen LogP contribution in [0, 0.1) is 0 Å². The Bertz CT molecular complexity index is 947. The lowest BCUT2D eigenvalue weighted by Gasteiger charge is -2.37. The zero-order valence-electron chi connectivity index (χ0n) is 16.8. The number of rotatable bonds is 5. The van der Waals surface area contributed by atoms with Crippen molar-refractivity contribution in [2.45, 2.75) is 25.3 Å². The predicted molar refractivity (Wildman–Crippen MR) is 115 cm³/mol. The number of hydrogen-bond donors (Lipinski definition) is 0. The molecule has 1 atom stereocenters. The molecule has 0 saturated carbocycles. The predicted octanol–water partition coefficient (Wildman–Crippen LogP) is 3.96. The molecular weight excluding hydrogens is 346 g/mol. The van der Waals surface area contributed by atoms with Crippen molar-refractivity contribution in [3.63, 3.8) is 0 Å². The maximum Gasteiger partial charge on any atom is 0.270 e. The lowest BCUT2D eigenvalue weighted by atomic mass is 10.0. The summed E-state index contributed by atoms with van der Waals surface area (Å²) in [5, 5.41) is 1.12. The third kappa shape index (κ3) is 3.83. The van der Waals surface area contributed by atoms with Crippen LogP contribution in [0.2, 0.25) is 0 Å². The number of likely N-dealkylation sites (N-methyl/N-ethyl adjacent to an activating group) is 1. The lowest BCUT2D eigenvalue weighted by molar-refractivity contribution is 0.0610. The van der Waals surface area contributed by atoms with Gasteiger partial charge in [-0.25, -0.2) is 0 Å². The van der Waals surface area contributed by atoms with E-state index in [-0.39, 0.29) is 11.9 Å². The first-order valence-electron chi connectivity index (χ1n) is 10.2. The minimum absolute atomic E-state index is 0.119. The Morgan fingerprint density at radius 1 is 1.11 bits per heavy atom. The van der Waals surface area contributed by atoms with E-state index in [9.17, 15) is 4.79 Å². The monoisotopic (exact) mass is 375 g/mol. The summed E-state index contributed by atoms with van der Waals surface area (Å²) in [5.41, 5.74) is 3.25. The van der Waals surface area contributed by atoms with Gasteiger partial charge in [-0.1, -0.05) is 48.5 Å². The van der Waals surface area contributed by atoms with Crippen LogP contribution in [0.25, 0.3) is 10.9 Å². The van der Waals surface area contributed by atoms with Gasteiger partial charge >= 0.3 is 0 Å². The average molecular weight is 376 g/mol. The van der Waals surface area contributed by atoms with Gasteiger partial charge in [-0.15, -0.1) is 0 Å². The van der Waals surface area contributed by atoms with Crippen LogP contribution in [-0.2, 0) is 13.5 Å². The number of carbonyl (C=O) groups is 1. The second-order valence-electron chi connectivity index (χ2n) is 7.90. The first kappa shape index (κ1) is 18.8. The molecule has 0 N–H and O–H groups in total. The van der Waals surface area contributed by atoms with Crippen molar-refractivity contribution < 1.29 is 4.79 Å². The zero-order valence-corrected chi connectivity index (χ0v) is 16.8. The number of fused-ring (bicyclic) bond motifs is 1. The summed E-state index contributed by atoms with van der Waals surface area (Å²) in [7, 11) is 3.95. The number of aryl methyl sites for hydroxylation is 1. The van der Waals surface area contributed by atoms with Crippen molar-refractivity contribution in [3.8, 4) is 0 Å². The van der Waals surface area contributed by atoms with Gasteiger partial charge in [0, 0.05) is 44.1 Å². The summed E-state index contributed by atoms with van der Waals surface area (Å²) in [5.74, 6) is 0.119. The standard InChI is InChI=1S/C24H29N3O/c1-25(24(28)23-17-20-11-6-7-13-22(20)26(23)2)21-12-8-15-27(18-21)16-14-19-9-4-3-5-10-19/h3-7,9-11,13,17,21H,8,12,14-16,18H2,1-2H3/t21-/m0/s1. The van der Waals surface area contributed by atoms with Gasteiger partial charge in [0.15, 0.2) is 0 Å². The molecule has 3 aromatic rings. The highest BCUT2D eigenvalue weighted by Crippen LogP contribution is 2.22. The Morgan fingerprint density at radius 2 is 1.86 bits per heavy atom. The van der Waals surface area contributed by atoms with Crippen LogP contribution >= 0.6 is 0 Å². The smallest absolute Gasteiger partial charge is 0.270 e. The van der Waals surface area contributed by atoms with E-state index in [1.807, 2.05) is 41.8 Å². The molecule has 1 aliphatic rings. The van der Waals surface area contributed by atoms with Crippen molar-refractivity contribution in [3.05, 3.63) is 71.9 Å². The fraction of sp³-hybridized carbons (Fsp3) is 0.375. The maximum absolute atomic E-state index is 13.2. The number of para-hydroxylation sites is 1. The second kappa shape index (κ2) is 8.19. The molecule has 0 aliphatic carbocycles. The van der Waals surface area contributed by atoms with E-state index in [0.29, 0.717) is 0 Å². The molecule has 0 bridgehead atoms. The van der Waals surface area contributed by atoms with E-state index >= 15 is 0 Å². The van der Waals surface area contributed by atoms with Gasteiger partial charge in [-0.05, 0) is 43.5 Å². The highest BCUT2D eigenvalue weighted by molar-refractivity contribution is 5.98. The van der Waals surface area contributed by atoms with Crippen LogP contribution in [0.15, 0.2) is 60.7 Å². The topological polar surface area (TPSA) is 28.5 Å². The van der Waals surface area contributed by atoms with E-state index in [1.165, 1.54) is 5.56 Å². The Labute approximate surface area is 167 Å². The number of amides is 1. The molecule has 2 aromatic carbocycles. The number of carbonyl (C=O) groups excluding carboxylic acids is 1. The Hall–Kier alpha value is -2.59. The van der Waals surface area contributed by atoms with Crippen molar-refractivity contribution >= 4 is 16.8 Å². The van der Waals surface area contributed by atoms with E-state index in [1.54, 1.807) is 0 Å². The molecule has 2 heterocycles. The van der Waals surface area contributed by atoms with Gasteiger partial charge in [0.2, 0.25) is 0 Å². The normalized spacial score (nSPS) is 17.7. The summed E-state index contributed by atoms with van der Waals surface area (Å²) in [6.07, 6.45) is 3.29. The number of benzene rings is 2. The summed E-state index contributed by atoms with van der Waals surface area (Å²) in [4.78, 5) is 17.7. The Balaban J connectivity index is 1.42. The number of nitrogens with zero attached hydrogens (tertiary/aromatic N) is 3. The van der Waals surface area contributed by atoms with Crippen molar-refractivity contribution in [1.82, 2.24) is 14.4 Å². The highest BCUT2D eigenvalue weighted by atomic mass is 16.2. The fourth-order valence-corrected chi connectivity index (χ4v) is 4.32. The van der Waals surface area contributed by atoms with E-state index < -0.39 is 0 Å². The van der Waals surface area contributed by atoms with Gasteiger partial charge in [0.25, 0.3) is 5.91 Å². The van der Waals surface area contributed by atoms with Crippen molar-refractivity contribution in [2.75, 3.05) is 26.7 Å². The van der Waals surface area contributed by atoms with Crippen LogP contribution in [0.3, 0.4) is 0 Å². The molecule has 4 nitrogen and oxygen atoms in total. The average Bonchev–Trinajstić information content (AvgIpc) is 3.09. The third-order valence-corrected chi connectivity index (χ3v) is 6.08. The van der Waals surface area contributed by atoms with Crippen LogP contribution in [0.1, 0.15) is 28.9 Å². The molecule has 1 amide bonds. The van der Waals surface area contributed by atoms with Crippen LogP contribution in [0.5, 0.6) is 0 Å². The van der Waals surface area contributed by atoms with E-state index in [2.05, 4.69) is 47.4 Å². The Morgan fingerprint density at radius 3 is 2.64 bits per heavy atom. The molecule has 28 heavy (non-hydrogen) atoms. The number of likely N-dealkylation sites (tertiary alicyclic amines) is 1. The maximum atomic E-state index is 13.2. The Kier molecular flexibility index (Phi) is 5.49. The van der Waals surface area contributed by atoms with Crippen LogP contribution in [0.4, 0.5) is 0 Å². The molecule has 1 fully saturated rings. The molecule has 0 spiro atoms. The first-order chi connectivity index (χ1) is 13.6. The van der Waals surface area contributed by atoms with Gasteiger partial charge in [0.1, 0.15) is 5.69 Å². The van der Waals surface area contributed by atoms with E-state index in [0.717, 1.165) is 55.5 Å². The summed E-state index contributed by atoms with van der Waals surface area (Å²) >= 11 is 0. The molecule has 4 rings (SSSR count). The highest BCUT2D eigenvalue weighted by Gasteiger charge is 2.28. The number of hydrogen-bond acceptors (Lipinski definition) is 2. The number of aromatic nitrogens is 1. The van der Waals surface area contributed by atoms with Crippen LogP contribution < -0.4 is 0 Å². The molecule has 1 aliphatic heterocycles. The minimum Gasteiger partial charge on any atom is -0.340 e. The second-order valence-corrected chi connectivity index (χ2v) is 7.90. The third-order valence-electron chi connectivity index (χ3n) is 6.08. The number of piperidine rings is 1. The van der Waals surface area contributed by atoms with Crippen molar-refractivity contribution in [2.24, 2.45) is 7.05 Å². The summed E-state index contributed by atoms with van der Waals surface area (Å²) in [6, 6.07) is 21.1. The molecule has 1 aromatic heterocycles. The summed E-state index contributed by atoms with van der Waals surface area (Å²) < 4.78 is 2.02. The molecular formula is C24H29N3O. The van der Waals surface area contributed by atoms with Crippen LogP contribution in [-0.4, -0.2) is 53.0 Å².